The lowest BCUT2D eigenvalue weighted by Crippen LogP contribution is -2.05. The number of carboxylic acids is 1. The zero-order valence-electron chi connectivity index (χ0n) is 5.87. The second-order valence-electron chi connectivity index (χ2n) is 2.24. The number of aliphatic carboxylic acids is 1. The molecule has 0 aromatic carbocycles. The van der Waals surface area contributed by atoms with E-state index in [0.29, 0.717) is 0 Å². The average molecular weight is 235 g/mol. The van der Waals surface area contributed by atoms with Crippen LogP contribution in [-0.2, 0) is 4.79 Å². The molecule has 0 saturated heterocycles. The van der Waals surface area contributed by atoms with Crippen LogP contribution in [0.3, 0.4) is 0 Å². The maximum Gasteiger partial charge on any atom is 0.310 e. The van der Waals surface area contributed by atoms with Gasteiger partial charge < -0.3 is 5.11 Å². The molecule has 60 valence electrons. The van der Waals surface area contributed by atoms with Crippen molar-refractivity contribution in [3.63, 3.8) is 0 Å². The Morgan fingerprint density at radius 3 is 2.82 bits per heavy atom. The van der Waals surface area contributed by atoms with Crippen LogP contribution in [0.5, 0.6) is 0 Å². The summed E-state index contributed by atoms with van der Waals surface area (Å²) in [6.45, 7) is 1.68. The van der Waals surface area contributed by atoms with Crippen LogP contribution in [0.4, 0.5) is 0 Å². The van der Waals surface area contributed by atoms with Crippen molar-refractivity contribution in [1.82, 2.24) is 0 Å². The third-order valence-corrected chi connectivity index (χ3v) is 2.98. The van der Waals surface area contributed by atoms with E-state index in [1.165, 1.54) is 11.3 Å². The predicted molar refractivity (Wildman–Crippen MR) is 48.1 cm³/mol. The first-order chi connectivity index (χ1) is 5.11. The van der Waals surface area contributed by atoms with Crippen molar-refractivity contribution in [3.05, 3.63) is 20.8 Å². The minimum atomic E-state index is -0.782. The molecular weight excluding hydrogens is 228 g/mol. The largest absolute Gasteiger partial charge is 0.481 e. The summed E-state index contributed by atoms with van der Waals surface area (Å²) in [5.74, 6) is -1.19. The molecule has 1 rings (SSSR count). The maximum absolute atomic E-state index is 10.5. The number of thiophene rings is 1. The van der Waals surface area contributed by atoms with Gasteiger partial charge in [-0.25, -0.2) is 0 Å². The summed E-state index contributed by atoms with van der Waals surface area (Å²) in [6.07, 6.45) is 0. The first-order valence-electron chi connectivity index (χ1n) is 3.08. The first kappa shape index (κ1) is 8.74. The van der Waals surface area contributed by atoms with E-state index >= 15 is 0 Å². The molecule has 4 heteroatoms. The molecular formula is C7H7BrO2S. The van der Waals surface area contributed by atoms with E-state index in [2.05, 4.69) is 15.9 Å². The van der Waals surface area contributed by atoms with E-state index in [1.807, 2.05) is 11.4 Å². The molecule has 11 heavy (non-hydrogen) atoms. The monoisotopic (exact) mass is 234 g/mol. The SMILES string of the molecule is CC(C(=O)O)c1csc(Br)c1. The summed E-state index contributed by atoms with van der Waals surface area (Å²) >= 11 is 4.78. The Bertz CT molecular complexity index is 269. The molecule has 0 bridgehead atoms. The summed E-state index contributed by atoms with van der Waals surface area (Å²) < 4.78 is 0.973. The topological polar surface area (TPSA) is 37.3 Å². The van der Waals surface area contributed by atoms with Crippen LogP contribution >= 0.6 is 27.3 Å². The minimum Gasteiger partial charge on any atom is -0.481 e. The van der Waals surface area contributed by atoms with Gasteiger partial charge in [-0.15, -0.1) is 11.3 Å². The Balaban J connectivity index is 2.84. The van der Waals surface area contributed by atoms with Crippen molar-refractivity contribution in [2.45, 2.75) is 12.8 Å². The Morgan fingerprint density at radius 1 is 1.82 bits per heavy atom. The molecule has 0 aliphatic heterocycles. The Labute approximate surface area is 77.0 Å². The standard InChI is InChI=1S/C7H7BrO2S/c1-4(7(9)10)5-2-6(8)11-3-5/h2-4H,1H3,(H,9,10). The van der Waals surface area contributed by atoms with E-state index < -0.39 is 11.9 Å². The van der Waals surface area contributed by atoms with Gasteiger partial charge in [0, 0.05) is 0 Å². The fourth-order valence-corrected chi connectivity index (χ4v) is 1.96. The van der Waals surface area contributed by atoms with E-state index in [4.69, 9.17) is 5.11 Å². The normalized spacial score (nSPS) is 12.9. The molecule has 0 fully saturated rings. The molecule has 0 saturated carbocycles. The van der Waals surface area contributed by atoms with Gasteiger partial charge in [-0.3, -0.25) is 4.79 Å². The van der Waals surface area contributed by atoms with Gasteiger partial charge in [0.1, 0.15) is 0 Å². The number of hydrogen-bond donors (Lipinski definition) is 1. The number of carbonyl (C=O) groups is 1. The van der Waals surface area contributed by atoms with Crippen LogP contribution in [0.1, 0.15) is 18.4 Å². The van der Waals surface area contributed by atoms with Crippen molar-refractivity contribution in [2.24, 2.45) is 0 Å². The van der Waals surface area contributed by atoms with Crippen LogP contribution in [0.15, 0.2) is 15.2 Å². The second kappa shape index (κ2) is 3.36. The first-order valence-corrected chi connectivity index (χ1v) is 4.75. The molecule has 1 unspecified atom stereocenters. The van der Waals surface area contributed by atoms with Crippen molar-refractivity contribution in [2.75, 3.05) is 0 Å². The van der Waals surface area contributed by atoms with Gasteiger partial charge in [0.15, 0.2) is 0 Å². The highest BCUT2D eigenvalue weighted by molar-refractivity contribution is 9.11. The highest BCUT2D eigenvalue weighted by Crippen LogP contribution is 2.26. The summed E-state index contributed by atoms with van der Waals surface area (Å²) in [7, 11) is 0. The van der Waals surface area contributed by atoms with Gasteiger partial charge in [0.25, 0.3) is 0 Å². The molecule has 0 radical (unpaired) electrons. The van der Waals surface area contributed by atoms with Gasteiger partial charge in [-0.2, -0.15) is 0 Å². The zero-order valence-corrected chi connectivity index (χ0v) is 8.28. The summed E-state index contributed by atoms with van der Waals surface area (Å²) in [4.78, 5) is 10.5. The Kier molecular flexibility index (Phi) is 2.67. The third kappa shape index (κ3) is 2.04. The summed E-state index contributed by atoms with van der Waals surface area (Å²) in [5.41, 5.74) is 0.856. The van der Waals surface area contributed by atoms with Crippen LogP contribution in [0.2, 0.25) is 0 Å². The summed E-state index contributed by atoms with van der Waals surface area (Å²) in [5, 5.41) is 10.5. The van der Waals surface area contributed by atoms with Crippen molar-refractivity contribution in [1.29, 1.82) is 0 Å². The number of halogens is 1. The van der Waals surface area contributed by atoms with E-state index in [0.717, 1.165) is 9.35 Å². The summed E-state index contributed by atoms with van der Waals surface area (Å²) in [6, 6.07) is 1.84. The van der Waals surface area contributed by atoms with Gasteiger partial charge in [0.2, 0.25) is 0 Å². The van der Waals surface area contributed by atoms with Crippen molar-refractivity contribution >= 4 is 33.2 Å². The van der Waals surface area contributed by atoms with Gasteiger partial charge in [-0.05, 0) is 39.9 Å². The maximum atomic E-state index is 10.5. The van der Waals surface area contributed by atoms with Crippen LogP contribution in [0, 0.1) is 0 Å². The Hall–Kier alpha value is -0.350. The number of rotatable bonds is 2. The predicted octanol–water partition coefficient (Wildman–Crippen LogP) is 2.70. The van der Waals surface area contributed by atoms with E-state index in [9.17, 15) is 4.79 Å². The number of hydrogen-bond acceptors (Lipinski definition) is 2. The molecule has 1 heterocycles. The fraction of sp³-hybridized carbons (Fsp3) is 0.286. The molecule has 0 aliphatic rings. The molecule has 0 aliphatic carbocycles. The minimum absolute atomic E-state index is 0.405. The van der Waals surface area contributed by atoms with Crippen molar-refractivity contribution in [3.8, 4) is 0 Å². The van der Waals surface area contributed by atoms with Crippen LogP contribution in [0.25, 0.3) is 0 Å². The quantitative estimate of drug-likeness (QED) is 0.855. The molecule has 0 spiro atoms. The molecule has 0 amide bonds. The van der Waals surface area contributed by atoms with E-state index in [1.54, 1.807) is 6.92 Å². The van der Waals surface area contributed by atoms with Gasteiger partial charge >= 0.3 is 5.97 Å². The van der Waals surface area contributed by atoms with Crippen molar-refractivity contribution < 1.29 is 9.90 Å². The zero-order chi connectivity index (χ0) is 8.43. The van der Waals surface area contributed by atoms with Crippen LogP contribution < -0.4 is 0 Å². The molecule has 1 aromatic rings. The lowest BCUT2D eigenvalue weighted by molar-refractivity contribution is -0.138. The third-order valence-electron chi connectivity index (χ3n) is 1.46. The van der Waals surface area contributed by atoms with Gasteiger partial charge in [-0.1, -0.05) is 0 Å². The smallest absolute Gasteiger partial charge is 0.310 e. The fourth-order valence-electron chi connectivity index (χ4n) is 0.693. The molecule has 1 atom stereocenters. The van der Waals surface area contributed by atoms with Crippen LogP contribution in [-0.4, -0.2) is 11.1 Å². The molecule has 1 aromatic heterocycles. The lowest BCUT2D eigenvalue weighted by atomic mass is 10.1. The highest BCUT2D eigenvalue weighted by Gasteiger charge is 2.14. The number of carboxylic acid groups (broad SMARTS) is 1. The lowest BCUT2D eigenvalue weighted by Gasteiger charge is -2.00. The molecule has 1 N–H and O–H groups in total. The second-order valence-corrected chi connectivity index (χ2v) is 4.53. The Morgan fingerprint density at radius 2 is 2.45 bits per heavy atom. The molecule has 2 nitrogen and oxygen atoms in total. The van der Waals surface area contributed by atoms with E-state index in [-0.39, 0.29) is 0 Å². The van der Waals surface area contributed by atoms with Gasteiger partial charge in [0.05, 0.1) is 9.70 Å². The highest BCUT2D eigenvalue weighted by atomic mass is 79.9. The average Bonchev–Trinajstić information content (AvgIpc) is 2.34.